The third-order valence-corrected chi connectivity index (χ3v) is 3.77. The standard InChI is InChI=1S/C19H34O4/c1-3-4-5-6-7-8-11-14-18(23-17(2)20)15-12-9-10-13-16-19(21)22/h11,14,18H,3-10,12-13,15-16H2,1-2H3,(H,21,22)/b14-11-. The van der Waals surface area contributed by atoms with E-state index in [4.69, 9.17) is 9.84 Å². The second-order valence-electron chi connectivity index (χ2n) is 6.13. The van der Waals surface area contributed by atoms with Crippen molar-refractivity contribution in [2.24, 2.45) is 0 Å². The molecule has 0 radical (unpaired) electrons. The molecule has 1 atom stereocenters. The predicted molar refractivity (Wildman–Crippen MR) is 93.4 cm³/mol. The fraction of sp³-hybridized carbons (Fsp3) is 0.789. The Kier molecular flexibility index (Phi) is 14.7. The highest BCUT2D eigenvalue weighted by Crippen LogP contribution is 2.12. The molecule has 0 bridgehead atoms. The van der Waals surface area contributed by atoms with Gasteiger partial charge in [-0.1, -0.05) is 51.5 Å². The van der Waals surface area contributed by atoms with Gasteiger partial charge >= 0.3 is 11.9 Å². The van der Waals surface area contributed by atoms with Crippen molar-refractivity contribution in [1.82, 2.24) is 0 Å². The first-order valence-corrected chi connectivity index (χ1v) is 9.12. The molecule has 1 unspecified atom stereocenters. The summed E-state index contributed by atoms with van der Waals surface area (Å²) in [6.07, 6.45) is 16.0. The Bertz CT molecular complexity index is 336. The van der Waals surface area contributed by atoms with Crippen LogP contribution < -0.4 is 0 Å². The van der Waals surface area contributed by atoms with E-state index < -0.39 is 5.97 Å². The van der Waals surface area contributed by atoms with Gasteiger partial charge in [-0.2, -0.15) is 0 Å². The number of allylic oxidation sites excluding steroid dienone is 1. The number of esters is 1. The molecule has 0 fully saturated rings. The molecule has 0 aromatic carbocycles. The predicted octanol–water partition coefficient (Wildman–Crippen LogP) is 5.26. The smallest absolute Gasteiger partial charge is 0.303 e. The average Bonchev–Trinajstić information content (AvgIpc) is 2.48. The first-order valence-electron chi connectivity index (χ1n) is 9.12. The summed E-state index contributed by atoms with van der Waals surface area (Å²) in [5.74, 6) is -0.974. The largest absolute Gasteiger partial charge is 0.481 e. The maximum Gasteiger partial charge on any atom is 0.303 e. The Morgan fingerprint density at radius 2 is 1.65 bits per heavy atom. The maximum atomic E-state index is 11.2. The number of ether oxygens (including phenoxy) is 1. The van der Waals surface area contributed by atoms with E-state index in [9.17, 15) is 9.59 Å². The summed E-state index contributed by atoms with van der Waals surface area (Å²) >= 11 is 0. The zero-order valence-corrected chi connectivity index (χ0v) is 14.9. The van der Waals surface area contributed by atoms with Gasteiger partial charge < -0.3 is 9.84 Å². The molecule has 1 N–H and O–H groups in total. The molecule has 23 heavy (non-hydrogen) atoms. The molecule has 0 heterocycles. The van der Waals surface area contributed by atoms with Gasteiger partial charge in [0.2, 0.25) is 0 Å². The summed E-state index contributed by atoms with van der Waals surface area (Å²) in [6, 6.07) is 0. The quantitative estimate of drug-likeness (QED) is 0.253. The van der Waals surface area contributed by atoms with Crippen LogP contribution in [0.4, 0.5) is 0 Å². The molecule has 134 valence electrons. The normalized spacial score (nSPS) is 12.4. The summed E-state index contributed by atoms with van der Waals surface area (Å²) in [5.41, 5.74) is 0. The Morgan fingerprint density at radius 3 is 2.30 bits per heavy atom. The number of carbonyl (C=O) groups is 2. The van der Waals surface area contributed by atoms with Crippen LogP contribution in [-0.2, 0) is 14.3 Å². The summed E-state index contributed by atoms with van der Waals surface area (Å²) in [5, 5.41) is 8.58. The number of aliphatic carboxylic acids is 1. The minimum Gasteiger partial charge on any atom is -0.481 e. The third-order valence-electron chi connectivity index (χ3n) is 3.77. The number of unbranched alkanes of at least 4 members (excludes halogenated alkanes) is 8. The van der Waals surface area contributed by atoms with E-state index >= 15 is 0 Å². The highest BCUT2D eigenvalue weighted by atomic mass is 16.5. The molecule has 0 spiro atoms. The lowest BCUT2D eigenvalue weighted by atomic mass is 10.1. The molecule has 0 aromatic heterocycles. The van der Waals surface area contributed by atoms with Gasteiger partial charge in [0.25, 0.3) is 0 Å². The van der Waals surface area contributed by atoms with Crippen molar-refractivity contribution < 1.29 is 19.4 Å². The molecule has 0 saturated heterocycles. The number of carbonyl (C=O) groups excluding carboxylic acids is 1. The van der Waals surface area contributed by atoms with E-state index in [-0.39, 0.29) is 18.5 Å². The Labute approximate surface area is 141 Å². The van der Waals surface area contributed by atoms with E-state index in [1.807, 2.05) is 6.08 Å². The Morgan fingerprint density at radius 1 is 1.00 bits per heavy atom. The van der Waals surface area contributed by atoms with Crippen LogP contribution in [0.5, 0.6) is 0 Å². The van der Waals surface area contributed by atoms with Crippen molar-refractivity contribution in [2.75, 3.05) is 0 Å². The van der Waals surface area contributed by atoms with Crippen LogP contribution >= 0.6 is 0 Å². The van der Waals surface area contributed by atoms with Gasteiger partial charge in [0.1, 0.15) is 6.10 Å². The molecular weight excluding hydrogens is 292 g/mol. The molecule has 0 rings (SSSR count). The molecule has 0 aliphatic heterocycles. The monoisotopic (exact) mass is 326 g/mol. The Balaban J connectivity index is 3.83. The molecular formula is C19H34O4. The van der Waals surface area contributed by atoms with Crippen molar-refractivity contribution in [1.29, 1.82) is 0 Å². The molecule has 0 aliphatic rings. The van der Waals surface area contributed by atoms with Crippen molar-refractivity contribution in [3.63, 3.8) is 0 Å². The van der Waals surface area contributed by atoms with Crippen LogP contribution in [0.2, 0.25) is 0 Å². The molecule has 0 aromatic rings. The van der Waals surface area contributed by atoms with Crippen LogP contribution in [0.3, 0.4) is 0 Å². The minimum absolute atomic E-state index is 0.136. The lowest BCUT2D eigenvalue weighted by Crippen LogP contribution is -2.13. The molecule has 0 amide bonds. The first-order chi connectivity index (χ1) is 11.1. The van der Waals surface area contributed by atoms with Gasteiger partial charge in [-0.05, 0) is 38.2 Å². The van der Waals surface area contributed by atoms with Crippen LogP contribution in [0.15, 0.2) is 12.2 Å². The average molecular weight is 326 g/mol. The SMILES string of the molecule is CCCCCCC/C=C\C(CCCCCCC(=O)O)OC(C)=O. The summed E-state index contributed by atoms with van der Waals surface area (Å²) < 4.78 is 5.32. The van der Waals surface area contributed by atoms with Gasteiger partial charge in [0.05, 0.1) is 0 Å². The van der Waals surface area contributed by atoms with E-state index in [1.54, 1.807) is 0 Å². The first kappa shape index (κ1) is 21.7. The summed E-state index contributed by atoms with van der Waals surface area (Å²) in [4.78, 5) is 21.6. The van der Waals surface area contributed by atoms with E-state index in [2.05, 4.69) is 13.0 Å². The maximum absolute atomic E-state index is 11.2. The molecule has 0 aliphatic carbocycles. The highest BCUT2D eigenvalue weighted by Gasteiger charge is 2.07. The Hall–Kier alpha value is -1.32. The fourth-order valence-electron chi connectivity index (χ4n) is 2.50. The van der Waals surface area contributed by atoms with Gasteiger partial charge in [0, 0.05) is 13.3 Å². The van der Waals surface area contributed by atoms with Gasteiger partial charge in [-0.15, -0.1) is 0 Å². The van der Waals surface area contributed by atoms with Crippen LogP contribution in [0, 0.1) is 0 Å². The highest BCUT2D eigenvalue weighted by molar-refractivity contribution is 5.66. The van der Waals surface area contributed by atoms with Crippen molar-refractivity contribution in [2.45, 2.75) is 97.0 Å². The summed E-state index contributed by atoms with van der Waals surface area (Å²) in [7, 11) is 0. The number of carboxylic acids is 1. The third kappa shape index (κ3) is 16.9. The molecule has 4 nitrogen and oxygen atoms in total. The second-order valence-corrected chi connectivity index (χ2v) is 6.13. The summed E-state index contributed by atoms with van der Waals surface area (Å²) in [6.45, 7) is 3.66. The zero-order chi connectivity index (χ0) is 17.3. The van der Waals surface area contributed by atoms with Crippen LogP contribution in [0.1, 0.15) is 90.9 Å². The number of hydrogen-bond acceptors (Lipinski definition) is 3. The van der Waals surface area contributed by atoms with Gasteiger partial charge in [-0.3, -0.25) is 9.59 Å². The van der Waals surface area contributed by atoms with Crippen molar-refractivity contribution in [3.8, 4) is 0 Å². The topological polar surface area (TPSA) is 63.6 Å². The number of rotatable bonds is 15. The van der Waals surface area contributed by atoms with E-state index in [0.29, 0.717) is 0 Å². The van der Waals surface area contributed by atoms with Crippen LogP contribution in [0.25, 0.3) is 0 Å². The molecule has 4 heteroatoms. The number of hydrogen-bond donors (Lipinski definition) is 1. The van der Waals surface area contributed by atoms with Crippen LogP contribution in [-0.4, -0.2) is 23.1 Å². The van der Waals surface area contributed by atoms with Crippen molar-refractivity contribution >= 4 is 11.9 Å². The molecule has 0 saturated carbocycles. The fourth-order valence-corrected chi connectivity index (χ4v) is 2.50. The lowest BCUT2D eigenvalue weighted by molar-refractivity contribution is -0.144. The van der Waals surface area contributed by atoms with Gasteiger partial charge in [-0.25, -0.2) is 0 Å². The zero-order valence-electron chi connectivity index (χ0n) is 14.9. The van der Waals surface area contributed by atoms with E-state index in [1.165, 1.54) is 39.0 Å². The second kappa shape index (κ2) is 15.6. The van der Waals surface area contributed by atoms with Gasteiger partial charge in [0.15, 0.2) is 0 Å². The minimum atomic E-state index is -0.732. The van der Waals surface area contributed by atoms with E-state index in [0.717, 1.165) is 38.5 Å². The lowest BCUT2D eigenvalue weighted by Gasteiger charge is -2.13. The van der Waals surface area contributed by atoms with Crippen molar-refractivity contribution in [3.05, 3.63) is 12.2 Å². The number of carboxylic acid groups (broad SMARTS) is 1.